The van der Waals surface area contributed by atoms with E-state index < -0.39 is 0 Å². The number of phenols is 1. The number of methoxy groups -OCH3 is 1. The monoisotopic (exact) mass is 292 g/mol. The summed E-state index contributed by atoms with van der Waals surface area (Å²) in [7, 11) is 1.58. The molecule has 4 heteroatoms. The van der Waals surface area contributed by atoms with Crippen LogP contribution < -0.4 is 10.1 Å². The molecule has 1 aromatic rings. The van der Waals surface area contributed by atoms with Crippen molar-refractivity contribution in [3.8, 4) is 11.5 Å². The van der Waals surface area contributed by atoms with E-state index in [-0.39, 0.29) is 11.8 Å². The molecule has 1 atom stereocenters. The summed E-state index contributed by atoms with van der Waals surface area (Å²) in [6.45, 7) is 8.01. The van der Waals surface area contributed by atoms with Crippen LogP contribution in [-0.4, -0.2) is 42.8 Å². The second-order valence-corrected chi connectivity index (χ2v) is 5.94. The number of phenolic OH excluding ortho intramolecular Hbond substituents is 1. The number of hydrogen-bond acceptors (Lipinski definition) is 4. The lowest BCUT2D eigenvalue weighted by atomic mass is 10.0. The molecule has 118 valence electrons. The van der Waals surface area contributed by atoms with Crippen LogP contribution in [0.25, 0.3) is 0 Å². The first-order valence-corrected chi connectivity index (χ1v) is 7.99. The molecule has 1 unspecified atom stereocenters. The molecule has 1 heterocycles. The summed E-state index contributed by atoms with van der Waals surface area (Å²) >= 11 is 0. The topological polar surface area (TPSA) is 44.7 Å². The fraction of sp³-hybridized carbons (Fsp3) is 0.647. The molecule has 0 aromatic heterocycles. The largest absolute Gasteiger partial charge is 0.504 e. The SMILES string of the molecule is CCCN1CCC(NC(C)c2ccc(O)c(OC)c2)CC1. The number of benzene rings is 1. The minimum atomic E-state index is 0.196. The Morgan fingerprint density at radius 3 is 2.71 bits per heavy atom. The molecule has 0 bridgehead atoms. The third-order valence-electron chi connectivity index (χ3n) is 4.32. The summed E-state index contributed by atoms with van der Waals surface area (Å²) in [6.07, 6.45) is 3.65. The summed E-state index contributed by atoms with van der Waals surface area (Å²) < 4.78 is 5.18. The third-order valence-corrected chi connectivity index (χ3v) is 4.32. The molecule has 0 amide bonds. The van der Waals surface area contributed by atoms with Gasteiger partial charge in [-0.1, -0.05) is 13.0 Å². The molecule has 2 rings (SSSR count). The first-order chi connectivity index (χ1) is 10.1. The Hall–Kier alpha value is -1.26. The van der Waals surface area contributed by atoms with E-state index in [1.165, 1.54) is 38.9 Å². The van der Waals surface area contributed by atoms with E-state index in [2.05, 4.69) is 24.1 Å². The number of ether oxygens (including phenoxy) is 1. The first-order valence-electron chi connectivity index (χ1n) is 7.99. The van der Waals surface area contributed by atoms with Crippen molar-refractivity contribution >= 4 is 0 Å². The fourth-order valence-electron chi connectivity index (χ4n) is 3.05. The van der Waals surface area contributed by atoms with Gasteiger partial charge in [0.05, 0.1) is 7.11 Å². The Labute approximate surface area is 128 Å². The Bertz CT molecular complexity index is 442. The van der Waals surface area contributed by atoms with Crippen molar-refractivity contribution < 1.29 is 9.84 Å². The van der Waals surface area contributed by atoms with Gasteiger partial charge in [-0.25, -0.2) is 0 Å². The maximum Gasteiger partial charge on any atom is 0.160 e. The van der Waals surface area contributed by atoms with Gasteiger partial charge in [-0.05, 0) is 63.5 Å². The number of rotatable bonds is 6. The highest BCUT2D eigenvalue weighted by atomic mass is 16.5. The summed E-state index contributed by atoms with van der Waals surface area (Å²) in [5, 5.41) is 13.4. The number of piperidine rings is 1. The van der Waals surface area contributed by atoms with E-state index in [1.807, 2.05) is 12.1 Å². The Kier molecular flexibility index (Phi) is 5.88. The fourth-order valence-corrected chi connectivity index (χ4v) is 3.05. The van der Waals surface area contributed by atoms with Crippen molar-refractivity contribution in [1.82, 2.24) is 10.2 Å². The smallest absolute Gasteiger partial charge is 0.160 e. The quantitative estimate of drug-likeness (QED) is 0.846. The van der Waals surface area contributed by atoms with Crippen molar-refractivity contribution in [2.45, 2.75) is 45.2 Å². The van der Waals surface area contributed by atoms with E-state index in [4.69, 9.17) is 4.74 Å². The van der Waals surface area contributed by atoms with E-state index in [9.17, 15) is 5.11 Å². The van der Waals surface area contributed by atoms with Gasteiger partial charge >= 0.3 is 0 Å². The second-order valence-electron chi connectivity index (χ2n) is 5.94. The van der Waals surface area contributed by atoms with Gasteiger partial charge in [-0.3, -0.25) is 0 Å². The predicted octanol–water partition coefficient (Wildman–Crippen LogP) is 2.93. The highest BCUT2D eigenvalue weighted by Crippen LogP contribution is 2.29. The van der Waals surface area contributed by atoms with Crippen molar-refractivity contribution in [2.24, 2.45) is 0 Å². The van der Waals surface area contributed by atoms with Crippen LogP contribution in [0.4, 0.5) is 0 Å². The highest BCUT2D eigenvalue weighted by molar-refractivity contribution is 5.42. The van der Waals surface area contributed by atoms with Gasteiger partial charge in [0.2, 0.25) is 0 Å². The van der Waals surface area contributed by atoms with Gasteiger partial charge in [0.1, 0.15) is 0 Å². The lowest BCUT2D eigenvalue weighted by Gasteiger charge is -2.33. The van der Waals surface area contributed by atoms with Crippen LogP contribution in [0.2, 0.25) is 0 Å². The van der Waals surface area contributed by atoms with Gasteiger partial charge in [0.25, 0.3) is 0 Å². The van der Waals surface area contributed by atoms with E-state index in [0.29, 0.717) is 11.8 Å². The van der Waals surface area contributed by atoms with Crippen molar-refractivity contribution in [2.75, 3.05) is 26.7 Å². The van der Waals surface area contributed by atoms with Gasteiger partial charge in [0, 0.05) is 12.1 Å². The molecule has 0 spiro atoms. The van der Waals surface area contributed by atoms with Gasteiger partial charge < -0.3 is 20.1 Å². The normalized spacial score (nSPS) is 18.6. The molecule has 1 saturated heterocycles. The standard InChI is InChI=1S/C17H28N2O2/c1-4-9-19-10-7-15(8-11-19)18-13(2)14-5-6-16(20)17(12-14)21-3/h5-6,12-13,15,18,20H,4,7-11H2,1-3H3. The van der Waals surface area contributed by atoms with Crippen LogP contribution in [-0.2, 0) is 0 Å². The van der Waals surface area contributed by atoms with Crippen LogP contribution in [0.15, 0.2) is 18.2 Å². The molecule has 0 saturated carbocycles. The molecule has 2 N–H and O–H groups in total. The average Bonchev–Trinajstić information content (AvgIpc) is 2.50. The van der Waals surface area contributed by atoms with Crippen molar-refractivity contribution in [3.63, 3.8) is 0 Å². The predicted molar refractivity (Wildman–Crippen MR) is 86.0 cm³/mol. The minimum Gasteiger partial charge on any atom is -0.504 e. The highest BCUT2D eigenvalue weighted by Gasteiger charge is 2.20. The number of nitrogens with zero attached hydrogens (tertiary/aromatic N) is 1. The number of likely N-dealkylation sites (tertiary alicyclic amines) is 1. The van der Waals surface area contributed by atoms with Crippen molar-refractivity contribution in [1.29, 1.82) is 0 Å². The summed E-state index contributed by atoms with van der Waals surface area (Å²) in [4.78, 5) is 2.55. The number of hydrogen-bond donors (Lipinski definition) is 2. The molecular weight excluding hydrogens is 264 g/mol. The Morgan fingerprint density at radius 1 is 1.38 bits per heavy atom. The Balaban J connectivity index is 1.88. The molecule has 1 aliphatic rings. The molecule has 4 nitrogen and oxygen atoms in total. The Morgan fingerprint density at radius 2 is 2.10 bits per heavy atom. The zero-order valence-corrected chi connectivity index (χ0v) is 13.4. The van der Waals surface area contributed by atoms with Crippen LogP contribution in [0.3, 0.4) is 0 Å². The lowest BCUT2D eigenvalue weighted by molar-refractivity contribution is 0.192. The van der Waals surface area contributed by atoms with Gasteiger partial charge in [0.15, 0.2) is 11.5 Å². The van der Waals surface area contributed by atoms with E-state index >= 15 is 0 Å². The molecule has 1 aliphatic heterocycles. The van der Waals surface area contributed by atoms with E-state index in [1.54, 1.807) is 13.2 Å². The summed E-state index contributed by atoms with van der Waals surface area (Å²) in [6, 6.07) is 6.42. The summed E-state index contributed by atoms with van der Waals surface area (Å²) in [5.74, 6) is 0.736. The van der Waals surface area contributed by atoms with Crippen LogP contribution in [0, 0.1) is 0 Å². The molecular formula is C17H28N2O2. The lowest BCUT2D eigenvalue weighted by Crippen LogP contribution is -2.43. The maximum absolute atomic E-state index is 9.67. The van der Waals surface area contributed by atoms with Crippen LogP contribution >= 0.6 is 0 Å². The average molecular weight is 292 g/mol. The molecule has 0 radical (unpaired) electrons. The number of aromatic hydroxyl groups is 1. The molecule has 0 aliphatic carbocycles. The molecule has 1 fully saturated rings. The summed E-state index contributed by atoms with van der Waals surface area (Å²) in [5.41, 5.74) is 1.15. The zero-order chi connectivity index (χ0) is 15.2. The number of nitrogens with one attached hydrogen (secondary N) is 1. The zero-order valence-electron chi connectivity index (χ0n) is 13.4. The second kappa shape index (κ2) is 7.66. The van der Waals surface area contributed by atoms with Crippen LogP contribution in [0.1, 0.15) is 44.7 Å². The van der Waals surface area contributed by atoms with Crippen molar-refractivity contribution in [3.05, 3.63) is 23.8 Å². The minimum absolute atomic E-state index is 0.196. The van der Waals surface area contributed by atoms with E-state index in [0.717, 1.165) is 5.56 Å². The third kappa shape index (κ3) is 4.35. The molecule has 1 aromatic carbocycles. The van der Waals surface area contributed by atoms with Gasteiger partial charge in [-0.2, -0.15) is 0 Å². The molecule has 21 heavy (non-hydrogen) atoms. The first kappa shape index (κ1) is 16.1. The van der Waals surface area contributed by atoms with Crippen LogP contribution in [0.5, 0.6) is 11.5 Å². The maximum atomic E-state index is 9.67. The van der Waals surface area contributed by atoms with Gasteiger partial charge in [-0.15, -0.1) is 0 Å².